The first-order valence-electron chi connectivity index (χ1n) is 6.72. The van der Waals surface area contributed by atoms with Gasteiger partial charge in [0.05, 0.1) is 5.56 Å². The van der Waals surface area contributed by atoms with Crippen LogP contribution < -0.4 is 5.32 Å². The Labute approximate surface area is 137 Å². The highest BCUT2D eigenvalue weighted by Crippen LogP contribution is 2.18. The van der Waals surface area contributed by atoms with Crippen LogP contribution in [0, 0.1) is 0 Å². The zero-order chi connectivity index (χ0) is 15.2. The minimum atomic E-state index is -0.200. The van der Waals surface area contributed by atoms with Gasteiger partial charge >= 0.3 is 0 Å². The van der Waals surface area contributed by atoms with E-state index in [2.05, 4.69) is 38.4 Å². The summed E-state index contributed by atoms with van der Waals surface area (Å²) in [4.78, 5) is 16.1. The summed E-state index contributed by atoms with van der Waals surface area (Å²) in [5.74, 6) is -0.200. The van der Waals surface area contributed by atoms with Gasteiger partial charge in [0.25, 0.3) is 5.91 Å². The van der Waals surface area contributed by atoms with E-state index in [-0.39, 0.29) is 17.1 Å². The molecule has 1 aromatic heterocycles. The maximum absolute atomic E-state index is 12.2. The van der Waals surface area contributed by atoms with E-state index < -0.39 is 0 Å². The van der Waals surface area contributed by atoms with Crippen molar-refractivity contribution in [1.82, 2.24) is 10.3 Å². The smallest absolute Gasteiger partial charge is 0.254 e. The van der Waals surface area contributed by atoms with E-state index in [4.69, 9.17) is 11.6 Å². The van der Waals surface area contributed by atoms with Crippen LogP contribution in [0.25, 0.3) is 0 Å². The number of aromatic nitrogens is 1. The van der Waals surface area contributed by atoms with Crippen LogP contribution in [0.4, 0.5) is 0 Å². The molecule has 0 aliphatic heterocycles. The Kier molecular flexibility index (Phi) is 5.76. The third-order valence-corrected chi connectivity index (χ3v) is 3.87. The Bertz CT molecular complexity index is 619. The fraction of sp³-hybridized carbons (Fsp3) is 0.250. The number of hydrogen-bond donors (Lipinski definition) is 1. The lowest BCUT2D eigenvalue weighted by Crippen LogP contribution is -2.33. The number of pyridine rings is 1. The number of hydrogen-bond acceptors (Lipinski definition) is 2. The van der Waals surface area contributed by atoms with Gasteiger partial charge in [-0.15, -0.1) is 0 Å². The third-order valence-electron chi connectivity index (χ3n) is 3.14. The number of halogens is 2. The number of aryl methyl sites for hydroxylation is 1. The Morgan fingerprint density at radius 1 is 1.38 bits per heavy atom. The molecule has 1 aromatic carbocycles. The minimum Gasteiger partial charge on any atom is -0.349 e. The van der Waals surface area contributed by atoms with Gasteiger partial charge in [0.1, 0.15) is 5.15 Å². The van der Waals surface area contributed by atoms with Gasteiger partial charge in [-0.25, -0.2) is 4.98 Å². The lowest BCUT2D eigenvalue weighted by molar-refractivity contribution is 0.0938. The highest BCUT2D eigenvalue weighted by atomic mass is 79.9. The summed E-state index contributed by atoms with van der Waals surface area (Å²) in [7, 11) is 0. The molecule has 1 N–H and O–H groups in total. The van der Waals surface area contributed by atoms with Gasteiger partial charge in [-0.05, 0) is 47.3 Å². The van der Waals surface area contributed by atoms with Crippen LogP contribution in [0.15, 0.2) is 47.1 Å². The Morgan fingerprint density at radius 3 is 2.81 bits per heavy atom. The van der Waals surface area contributed by atoms with Crippen LogP contribution in [0.1, 0.15) is 29.3 Å². The Balaban J connectivity index is 1.91. The molecule has 1 atom stereocenters. The predicted octanol–water partition coefficient (Wildman–Crippen LogP) is 4.25. The standard InChI is InChI=1S/C16H16BrClN2O/c1-11(7-8-12-5-3-2-4-6-12)20-16(21)14-9-13(17)10-19-15(14)18/h2-6,9-11H,7-8H2,1H3,(H,20,21). The molecule has 5 heteroatoms. The monoisotopic (exact) mass is 366 g/mol. The quantitative estimate of drug-likeness (QED) is 0.803. The summed E-state index contributed by atoms with van der Waals surface area (Å²) in [6.07, 6.45) is 3.36. The molecule has 0 radical (unpaired) electrons. The third kappa shape index (κ3) is 4.83. The molecule has 0 aliphatic carbocycles. The lowest BCUT2D eigenvalue weighted by atomic mass is 10.1. The van der Waals surface area contributed by atoms with Crippen LogP contribution in [-0.2, 0) is 6.42 Å². The van der Waals surface area contributed by atoms with Gasteiger partial charge < -0.3 is 5.32 Å². The van der Waals surface area contributed by atoms with Gasteiger partial charge in [-0.2, -0.15) is 0 Å². The number of carbonyl (C=O) groups is 1. The predicted molar refractivity (Wildman–Crippen MR) is 88.6 cm³/mol. The summed E-state index contributed by atoms with van der Waals surface area (Å²) >= 11 is 9.25. The van der Waals surface area contributed by atoms with Crippen LogP contribution in [0.3, 0.4) is 0 Å². The van der Waals surface area contributed by atoms with E-state index in [1.165, 1.54) is 5.56 Å². The first-order valence-corrected chi connectivity index (χ1v) is 7.89. The molecular formula is C16H16BrClN2O. The van der Waals surface area contributed by atoms with E-state index in [1.807, 2.05) is 25.1 Å². The van der Waals surface area contributed by atoms with Crippen molar-refractivity contribution < 1.29 is 4.79 Å². The fourth-order valence-electron chi connectivity index (χ4n) is 1.98. The first-order chi connectivity index (χ1) is 10.1. The van der Waals surface area contributed by atoms with Crippen LogP contribution in [0.2, 0.25) is 5.15 Å². The molecule has 0 bridgehead atoms. The van der Waals surface area contributed by atoms with E-state index in [0.717, 1.165) is 17.3 Å². The molecule has 0 fully saturated rings. The molecule has 0 aliphatic rings. The average Bonchev–Trinajstić information content (AvgIpc) is 2.48. The Hall–Kier alpha value is -1.39. The summed E-state index contributed by atoms with van der Waals surface area (Å²) in [5, 5.41) is 3.16. The van der Waals surface area contributed by atoms with Crippen LogP contribution in [-0.4, -0.2) is 16.9 Å². The second-order valence-corrected chi connectivity index (χ2v) is 6.16. The normalized spacial score (nSPS) is 12.0. The van der Waals surface area contributed by atoms with Crippen molar-refractivity contribution in [3.8, 4) is 0 Å². The summed E-state index contributed by atoms with van der Waals surface area (Å²) in [6.45, 7) is 1.99. The lowest BCUT2D eigenvalue weighted by Gasteiger charge is -2.14. The van der Waals surface area contributed by atoms with E-state index in [1.54, 1.807) is 12.3 Å². The number of nitrogens with zero attached hydrogens (tertiary/aromatic N) is 1. The topological polar surface area (TPSA) is 42.0 Å². The number of benzene rings is 1. The SMILES string of the molecule is CC(CCc1ccccc1)NC(=O)c1cc(Br)cnc1Cl. The van der Waals surface area contributed by atoms with E-state index >= 15 is 0 Å². The van der Waals surface area contributed by atoms with Crippen molar-refractivity contribution in [2.45, 2.75) is 25.8 Å². The van der Waals surface area contributed by atoms with Gasteiger partial charge in [0.15, 0.2) is 0 Å². The molecule has 1 unspecified atom stereocenters. The second-order valence-electron chi connectivity index (χ2n) is 4.89. The number of nitrogens with one attached hydrogen (secondary N) is 1. The highest BCUT2D eigenvalue weighted by molar-refractivity contribution is 9.10. The molecule has 1 heterocycles. The van der Waals surface area contributed by atoms with Crippen molar-refractivity contribution in [1.29, 1.82) is 0 Å². The average molecular weight is 368 g/mol. The largest absolute Gasteiger partial charge is 0.349 e. The molecule has 21 heavy (non-hydrogen) atoms. The summed E-state index contributed by atoms with van der Waals surface area (Å²) < 4.78 is 0.731. The molecule has 0 saturated heterocycles. The van der Waals surface area contributed by atoms with Crippen molar-refractivity contribution in [3.05, 3.63) is 63.3 Å². The molecule has 0 spiro atoms. The maximum Gasteiger partial charge on any atom is 0.254 e. The first kappa shape index (κ1) is 16.0. The molecule has 2 rings (SSSR count). The molecular weight excluding hydrogens is 352 g/mol. The molecule has 2 aromatic rings. The number of amides is 1. The van der Waals surface area contributed by atoms with E-state index in [9.17, 15) is 4.79 Å². The number of rotatable bonds is 5. The molecule has 3 nitrogen and oxygen atoms in total. The van der Waals surface area contributed by atoms with Gasteiger partial charge in [-0.3, -0.25) is 4.79 Å². The van der Waals surface area contributed by atoms with Crippen molar-refractivity contribution in [2.24, 2.45) is 0 Å². The molecule has 110 valence electrons. The summed E-state index contributed by atoms with van der Waals surface area (Å²) in [6, 6.07) is 11.9. The Morgan fingerprint density at radius 2 is 2.10 bits per heavy atom. The summed E-state index contributed by atoms with van der Waals surface area (Å²) in [5.41, 5.74) is 1.65. The van der Waals surface area contributed by atoms with Gasteiger partial charge in [-0.1, -0.05) is 41.9 Å². The molecule has 0 saturated carbocycles. The van der Waals surface area contributed by atoms with Crippen molar-refractivity contribution in [3.63, 3.8) is 0 Å². The van der Waals surface area contributed by atoms with Crippen LogP contribution in [0.5, 0.6) is 0 Å². The minimum absolute atomic E-state index is 0.0627. The van der Waals surface area contributed by atoms with E-state index in [0.29, 0.717) is 5.56 Å². The zero-order valence-electron chi connectivity index (χ0n) is 11.6. The number of carbonyl (C=O) groups excluding carboxylic acids is 1. The zero-order valence-corrected chi connectivity index (χ0v) is 14.0. The van der Waals surface area contributed by atoms with Gasteiger partial charge in [0.2, 0.25) is 0 Å². The molecule has 1 amide bonds. The highest BCUT2D eigenvalue weighted by Gasteiger charge is 2.14. The second kappa shape index (κ2) is 7.57. The maximum atomic E-state index is 12.2. The van der Waals surface area contributed by atoms with Crippen LogP contribution >= 0.6 is 27.5 Å². The van der Waals surface area contributed by atoms with Crippen molar-refractivity contribution >= 4 is 33.4 Å². The fourth-order valence-corrected chi connectivity index (χ4v) is 2.50. The van der Waals surface area contributed by atoms with Crippen molar-refractivity contribution in [2.75, 3.05) is 0 Å². The van der Waals surface area contributed by atoms with Gasteiger partial charge in [0, 0.05) is 16.7 Å².